The van der Waals surface area contributed by atoms with Gasteiger partial charge in [-0.3, -0.25) is 9.59 Å². The Kier molecular flexibility index (Phi) is 2.67. The van der Waals surface area contributed by atoms with Gasteiger partial charge in [0.2, 0.25) is 0 Å². The van der Waals surface area contributed by atoms with Crippen LogP contribution in [0.5, 0.6) is 0 Å². The van der Waals surface area contributed by atoms with Gasteiger partial charge in [-0.2, -0.15) is 4.90 Å². The molecule has 17 heavy (non-hydrogen) atoms. The van der Waals surface area contributed by atoms with Crippen molar-refractivity contribution in [2.24, 2.45) is 0 Å². The highest BCUT2D eigenvalue weighted by atomic mass is 16.6. The lowest BCUT2D eigenvalue weighted by atomic mass is 10.1. The van der Waals surface area contributed by atoms with Gasteiger partial charge < -0.3 is 4.74 Å². The Balaban J connectivity index is 2.42. The molecule has 0 bridgehead atoms. The van der Waals surface area contributed by atoms with Crippen LogP contribution in [0.15, 0.2) is 18.2 Å². The van der Waals surface area contributed by atoms with Crippen LogP contribution in [0.1, 0.15) is 33.2 Å². The van der Waals surface area contributed by atoms with Crippen LogP contribution in [0.25, 0.3) is 0 Å². The maximum atomic E-state index is 11.9. The maximum absolute atomic E-state index is 11.9. The lowest BCUT2D eigenvalue weighted by Gasteiger charge is -2.10. The zero-order chi connectivity index (χ0) is 12.6. The summed E-state index contributed by atoms with van der Waals surface area (Å²) in [5.74, 6) is -1.24. The van der Waals surface area contributed by atoms with Crippen molar-refractivity contribution in [2.45, 2.75) is 13.8 Å². The Bertz CT molecular complexity index is 521. The Morgan fingerprint density at radius 3 is 2.53 bits per heavy atom. The summed E-state index contributed by atoms with van der Waals surface area (Å²) in [6.45, 7) is 3.54. The summed E-state index contributed by atoms with van der Waals surface area (Å²) < 4.78 is 4.67. The normalized spacial score (nSPS) is 13.9. The number of amides is 3. The molecule has 88 valence electrons. The number of hydrogen-bond donors (Lipinski definition) is 0. The van der Waals surface area contributed by atoms with Gasteiger partial charge in [0.25, 0.3) is 11.8 Å². The summed E-state index contributed by atoms with van der Waals surface area (Å²) in [6.07, 6.45) is -0.920. The summed E-state index contributed by atoms with van der Waals surface area (Å²) in [5, 5.41) is 0. The van der Waals surface area contributed by atoms with Gasteiger partial charge in [0.1, 0.15) is 0 Å². The van der Waals surface area contributed by atoms with Gasteiger partial charge in [0.15, 0.2) is 0 Å². The molecular formula is C12H11NO4. The molecule has 3 amide bonds. The smallest absolute Gasteiger partial charge is 0.424 e. The topological polar surface area (TPSA) is 63.7 Å². The van der Waals surface area contributed by atoms with Crippen LogP contribution in [0.4, 0.5) is 4.79 Å². The lowest BCUT2D eigenvalue weighted by Crippen LogP contribution is -2.36. The minimum Gasteiger partial charge on any atom is -0.449 e. The van der Waals surface area contributed by atoms with Crippen molar-refractivity contribution in [3.05, 3.63) is 34.9 Å². The number of aryl methyl sites for hydroxylation is 1. The quantitative estimate of drug-likeness (QED) is 0.693. The molecule has 0 atom stereocenters. The Hall–Kier alpha value is -2.17. The van der Waals surface area contributed by atoms with E-state index in [2.05, 4.69) is 4.74 Å². The number of fused-ring (bicyclic) bond motifs is 1. The third-order valence-corrected chi connectivity index (χ3v) is 2.49. The van der Waals surface area contributed by atoms with Gasteiger partial charge in [-0.15, -0.1) is 0 Å². The van der Waals surface area contributed by atoms with Crippen molar-refractivity contribution >= 4 is 17.9 Å². The van der Waals surface area contributed by atoms with Crippen LogP contribution >= 0.6 is 0 Å². The van der Waals surface area contributed by atoms with Crippen LogP contribution in [0.2, 0.25) is 0 Å². The first-order valence-electron chi connectivity index (χ1n) is 5.22. The number of carbonyl (C=O) groups is 3. The van der Waals surface area contributed by atoms with E-state index in [9.17, 15) is 14.4 Å². The average molecular weight is 233 g/mol. The van der Waals surface area contributed by atoms with Crippen molar-refractivity contribution in [3.8, 4) is 0 Å². The first-order chi connectivity index (χ1) is 8.06. The van der Waals surface area contributed by atoms with E-state index in [-0.39, 0.29) is 17.7 Å². The highest BCUT2D eigenvalue weighted by Crippen LogP contribution is 2.24. The highest BCUT2D eigenvalue weighted by Gasteiger charge is 2.40. The molecule has 0 spiro atoms. The standard InChI is InChI=1S/C12H11NO4/c1-3-17-12(16)13-10(14)8-5-4-7(2)6-9(8)11(13)15/h4-6H,3H2,1-2H3. The molecule has 5 nitrogen and oxygen atoms in total. The van der Waals surface area contributed by atoms with E-state index in [0.717, 1.165) is 5.56 Å². The molecule has 1 heterocycles. The largest absolute Gasteiger partial charge is 0.449 e. The van der Waals surface area contributed by atoms with Gasteiger partial charge in [-0.1, -0.05) is 11.6 Å². The van der Waals surface area contributed by atoms with Crippen molar-refractivity contribution in [1.82, 2.24) is 4.90 Å². The minimum atomic E-state index is -0.920. The second-order valence-electron chi connectivity index (χ2n) is 3.69. The highest BCUT2D eigenvalue weighted by molar-refractivity contribution is 6.28. The van der Waals surface area contributed by atoms with Gasteiger partial charge in [-0.25, -0.2) is 4.79 Å². The SMILES string of the molecule is CCOC(=O)N1C(=O)c2ccc(C)cc2C1=O. The predicted octanol–water partition coefficient (Wildman–Crippen LogP) is 1.75. The molecule has 0 fully saturated rings. The van der Waals surface area contributed by atoms with Crippen LogP contribution in [-0.2, 0) is 4.74 Å². The van der Waals surface area contributed by atoms with E-state index in [0.29, 0.717) is 4.90 Å². The molecule has 1 aromatic rings. The molecule has 0 aromatic heterocycles. The molecule has 0 radical (unpaired) electrons. The molecule has 0 saturated carbocycles. The molecule has 2 rings (SSSR count). The third kappa shape index (κ3) is 1.69. The predicted molar refractivity (Wildman–Crippen MR) is 58.7 cm³/mol. The van der Waals surface area contributed by atoms with E-state index in [1.165, 1.54) is 0 Å². The summed E-state index contributed by atoms with van der Waals surface area (Å²) in [5.41, 5.74) is 1.35. The molecule has 1 aromatic carbocycles. The van der Waals surface area contributed by atoms with Crippen LogP contribution in [0.3, 0.4) is 0 Å². The molecule has 0 aliphatic carbocycles. The van der Waals surface area contributed by atoms with E-state index in [1.807, 2.05) is 6.92 Å². The van der Waals surface area contributed by atoms with Gasteiger partial charge >= 0.3 is 6.09 Å². The van der Waals surface area contributed by atoms with Gasteiger partial charge in [0, 0.05) is 0 Å². The summed E-state index contributed by atoms with van der Waals surface area (Å²) in [7, 11) is 0. The average Bonchev–Trinajstić information content (AvgIpc) is 2.52. The van der Waals surface area contributed by atoms with E-state index < -0.39 is 17.9 Å². The zero-order valence-corrected chi connectivity index (χ0v) is 9.52. The molecule has 5 heteroatoms. The van der Waals surface area contributed by atoms with Gasteiger partial charge in [0.05, 0.1) is 17.7 Å². The van der Waals surface area contributed by atoms with Crippen molar-refractivity contribution in [3.63, 3.8) is 0 Å². The summed E-state index contributed by atoms with van der Waals surface area (Å²) in [4.78, 5) is 35.7. The molecule has 0 unspecified atom stereocenters. The monoisotopic (exact) mass is 233 g/mol. The number of benzene rings is 1. The lowest BCUT2D eigenvalue weighted by molar-refractivity contribution is 0.0596. The summed E-state index contributed by atoms with van der Waals surface area (Å²) in [6, 6.07) is 4.86. The number of rotatable bonds is 1. The molecule has 1 aliphatic heterocycles. The van der Waals surface area contributed by atoms with Crippen LogP contribution in [-0.4, -0.2) is 29.4 Å². The number of carbonyl (C=O) groups excluding carboxylic acids is 3. The Labute approximate surface area is 98.0 Å². The molecule has 1 aliphatic rings. The van der Waals surface area contributed by atoms with Crippen LogP contribution < -0.4 is 0 Å². The number of nitrogens with zero attached hydrogens (tertiary/aromatic N) is 1. The van der Waals surface area contributed by atoms with Crippen molar-refractivity contribution in [2.75, 3.05) is 6.61 Å². The fourth-order valence-corrected chi connectivity index (χ4v) is 1.71. The number of imide groups is 3. The van der Waals surface area contributed by atoms with E-state index in [1.54, 1.807) is 25.1 Å². The van der Waals surface area contributed by atoms with Crippen molar-refractivity contribution in [1.29, 1.82) is 0 Å². The van der Waals surface area contributed by atoms with E-state index >= 15 is 0 Å². The number of ether oxygens (including phenoxy) is 1. The first-order valence-corrected chi connectivity index (χ1v) is 5.22. The Morgan fingerprint density at radius 2 is 1.88 bits per heavy atom. The first kappa shape index (κ1) is 11.3. The van der Waals surface area contributed by atoms with Crippen LogP contribution in [0, 0.1) is 6.92 Å². The molecular weight excluding hydrogens is 222 g/mol. The second-order valence-corrected chi connectivity index (χ2v) is 3.69. The van der Waals surface area contributed by atoms with E-state index in [4.69, 9.17) is 0 Å². The fourth-order valence-electron chi connectivity index (χ4n) is 1.71. The maximum Gasteiger partial charge on any atom is 0.424 e. The van der Waals surface area contributed by atoms with Crippen molar-refractivity contribution < 1.29 is 19.1 Å². The minimum absolute atomic E-state index is 0.116. The Morgan fingerprint density at radius 1 is 1.24 bits per heavy atom. The zero-order valence-electron chi connectivity index (χ0n) is 9.52. The molecule has 0 saturated heterocycles. The summed E-state index contributed by atoms with van der Waals surface area (Å²) >= 11 is 0. The fraction of sp³-hybridized carbons (Fsp3) is 0.250. The molecule has 0 N–H and O–H groups in total. The number of hydrogen-bond acceptors (Lipinski definition) is 4. The third-order valence-electron chi connectivity index (χ3n) is 2.49. The van der Waals surface area contributed by atoms with Gasteiger partial charge in [-0.05, 0) is 26.0 Å². The second kappa shape index (κ2) is 4.01.